The van der Waals surface area contributed by atoms with Crippen LogP contribution < -0.4 is 11.3 Å². The maximum Gasteiger partial charge on any atom is 0.242 e. The smallest absolute Gasteiger partial charge is 0.242 e. The fourth-order valence-electron chi connectivity index (χ4n) is 1.26. The Labute approximate surface area is 62.9 Å². The second-order valence-corrected chi connectivity index (χ2v) is 2.69. The molecule has 0 radical (unpaired) electrons. The van der Waals surface area contributed by atoms with Crippen molar-refractivity contribution in [3.05, 3.63) is 0 Å². The highest BCUT2D eigenvalue weighted by atomic mass is 19.3. The van der Waals surface area contributed by atoms with E-state index in [0.717, 1.165) is 0 Å². The summed E-state index contributed by atoms with van der Waals surface area (Å²) in [5.74, 6) is 2.98. The van der Waals surface area contributed by atoms with Gasteiger partial charge in [0.05, 0.1) is 0 Å². The normalized spacial score (nSPS) is 29.8. The highest BCUT2D eigenvalue weighted by molar-refractivity contribution is 5.79. The molecule has 0 aromatic heterocycles. The van der Waals surface area contributed by atoms with Gasteiger partial charge in [-0.2, -0.15) is 0 Å². The summed E-state index contributed by atoms with van der Waals surface area (Å²) in [6, 6.07) is 0. The maximum atomic E-state index is 12.0. The largest absolute Gasteiger partial charge is 0.294 e. The predicted octanol–water partition coefficient (Wildman–Crippen LogP) is 0.268. The molecule has 5 heteroatoms. The predicted molar refractivity (Wildman–Crippen MR) is 34.5 cm³/mol. The number of halogens is 2. The monoisotopic (exact) mass is 164 g/mol. The van der Waals surface area contributed by atoms with E-state index >= 15 is 0 Å². The lowest BCUT2D eigenvalue weighted by Crippen LogP contribution is -2.45. The molecule has 0 heterocycles. The molecule has 64 valence electrons. The first kappa shape index (κ1) is 8.39. The number of rotatable bonds is 2. The van der Waals surface area contributed by atoms with Crippen molar-refractivity contribution in [2.75, 3.05) is 0 Å². The number of nitrogens with one attached hydrogen (secondary N) is 1. The molecule has 0 aliphatic heterocycles. The Balaban J connectivity index is 2.43. The molecule has 1 aliphatic rings. The van der Waals surface area contributed by atoms with Gasteiger partial charge in [0.1, 0.15) is 0 Å². The Hall–Kier alpha value is -0.710. The van der Waals surface area contributed by atoms with Gasteiger partial charge < -0.3 is 0 Å². The molecule has 0 unspecified atom stereocenters. The van der Waals surface area contributed by atoms with Gasteiger partial charge in [0.2, 0.25) is 12.3 Å². The third kappa shape index (κ3) is 1.48. The Morgan fingerprint density at radius 3 is 2.45 bits per heavy atom. The molecule has 0 aromatic carbocycles. The summed E-state index contributed by atoms with van der Waals surface area (Å²) in [5.41, 5.74) is 1.88. The van der Waals surface area contributed by atoms with Gasteiger partial charge in [0.15, 0.2) is 0 Å². The molecule has 3 nitrogen and oxygen atoms in total. The SMILES string of the molecule is NNC(=O)[C@H]1CC[C@@H]1C(F)F. The quantitative estimate of drug-likeness (QED) is 0.349. The molecule has 0 aromatic rings. The van der Waals surface area contributed by atoms with E-state index in [1.165, 1.54) is 0 Å². The summed E-state index contributed by atoms with van der Waals surface area (Å²) in [4.78, 5) is 10.7. The first-order valence-electron chi connectivity index (χ1n) is 3.45. The van der Waals surface area contributed by atoms with Crippen LogP contribution in [0.1, 0.15) is 12.8 Å². The number of alkyl halides is 2. The zero-order valence-corrected chi connectivity index (χ0v) is 5.89. The first-order valence-corrected chi connectivity index (χ1v) is 3.45. The lowest BCUT2D eigenvalue weighted by atomic mass is 9.73. The van der Waals surface area contributed by atoms with Crippen LogP contribution in [0.15, 0.2) is 0 Å². The van der Waals surface area contributed by atoms with Gasteiger partial charge in [-0.05, 0) is 12.8 Å². The van der Waals surface area contributed by atoms with Gasteiger partial charge in [0, 0.05) is 11.8 Å². The van der Waals surface area contributed by atoms with Crippen LogP contribution in [0.2, 0.25) is 0 Å². The molecule has 0 bridgehead atoms. The standard InChI is InChI=1S/C6H10F2N2O/c7-5(8)3-1-2-4(3)6(11)10-9/h3-5H,1-2,9H2,(H,10,11)/t3-,4-/m0/s1. The molecular formula is C6H10F2N2O. The van der Waals surface area contributed by atoms with Crippen LogP contribution in [0, 0.1) is 11.8 Å². The number of carbonyl (C=O) groups excluding carboxylic acids is 1. The van der Waals surface area contributed by atoms with Crippen LogP contribution in [0.4, 0.5) is 8.78 Å². The molecule has 1 saturated carbocycles. The number of carbonyl (C=O) groups is 1. The fourth-order valence-corrected chi connectivity index (χ4v) is 1.26. The van der Waals surface area contributed by atoms with E-state index in [1.807, 2.05) is 5.43 Å². The molecule has 3 N–H and O–H groups in total. The van der Waals surface area contributed by atoms with Gasteiger partial charge in [-0.3, -0.25) is 10.2 Å². The van der Waals surface area contributed by atoms with Gasteiger partial charge in [-0.1, -0.05) is 0 Å². The second-order valence-electron chi connectivity index (χ2n) is 2.69. The van der Waals surface area contributed by atoms with Crippen LogP contribution in [-0.4, -0.2) is 12.3 Å². The Morgan fingerprint density at radius 1 is 1.55 bits per heavy atom. The maximum absolute atomic E-state index is 12.0. The Kier molecular flexibility index (Phi) is 2.38. The first-order chi connectivity index (χ1) is 5.16. The van der Waals surface area contributed by atoms with Gasteiger partial charge in [-0.15, -0.1) is 0 Å². The van der Waals surface area contributed by atoms with E-state index < -0.39 is 24.2 Å². The minimum atomic E-state index is -2.40. The van der Waals surface area contributed by atoms with Crippen LogP contribution in [0.3, 0.4) is 0 Å². The Morgan fingerprint density at radius 2 is 2.18 bits per heavy atom. The van der Waals surface area contributed by atoms with Gasteiger partial charge in [-0.25, -0.2) is 14.6 Å². The molecule has 1 fully saturated rings. The lowest BCUT2D eigenvalue weighted by molar-refractivity contribution is -0.135. The highest BCUT2D eigenvalue weighted by Gasteiger charge is 2.41. The van der Waals surface area contributed by atoms with Crippen molar-refractivity contribution in [1.82, 2.24) is 5.43 Å². The fraction of sp³-hybridized carbons (Fsp3) is 0.833. The van der Waals surface area contributed by atoms with E-state index in [0.29, 0.717) is 12.8 Å². The summed E-state index contributed by atoms with van der Waals surface area (Å²) >= 11 is 0. The van der Waals surface area contributed by atoms with E-state index in [4.69, 9.17) is 5.84 Å². The minimum Gasteiger partial charge on any atom is -0.294 e. The molecule has 2 atom stereocenters. The molecule has 11 heavy (non-hydrogen) atoms. The number of nitrogens with two attached hydrogens (primary N) is 1. The third-order valence-corrected chi connectivity index (χ3v) is 2.13. The molecular weight excluding hydrogens is 154 g/mol. The number of hydrazine groups is 1. The van der Waals surface area contributed by atoms with Gasteiger partial charge in [0.25, 0.3) is 0 Å². The average molecular weight is 164 g/mol. The van der Waals surface area contributed by atoms with E-state index in [9.17, 15) is 13.6 Å². The topological polar surface area (TPSA) is 55.1 Å². The van der Waals surface area contributed by atoms with E-state index in [2.05, 4.69) is 0 Å². The van der Waals surface area contributed by atoms with Crippen LogP contribution in [0.25, 0.3) is 0 Å². The zero-order valence-electron chi connectivity index (χ0n) is 5.89. The molecule has 0 saturated heterocycles. The van der Waals surface area contributed by atoms with Crippen molar-refractivity contribution >= 4 is 5.91 Å². The Bertz CT molecular complexity index is 163. The van der Waals surface area contributed by atoms with Crippen molar-refractivity contribution in [1.29, 1.82) is 0 Å². The molecule has 1 amide bonds. The summed E-state index contributed by atoms with van der Waals surface area (Å²) < 4.78 is 24.0. The van der Waals surface area contributed by atoms with E-state index in [1.54, 1.807) is 0 Å². The zero-order chi connectivity index (χ0) is 8.43. The summed E-state index contributed by atoms with van der Waals surface area (Å²) in [5, 5.41) is 0. The van der Waals surface area contributed by atoms with E-state index in [-0.39, 0.29) is 0 Å². The van der Waals surface area contributed by atoms with Crippen molar-refractivity contribution in [3.8, 4) is 0 Å². The minimum absolute atomic E-state index is 0.426. The van der Waals surface area contributed by atoms with Crippen LogP contribution in [0.5, 0.6) is 0 Å². The van der Waals surface area contributed by atoms with Crippen LogP contribution in [-0.2, 0) is 4.79 Å². The number of hydrogen-bond donors (Lipinski definition) is 2. The number of amides is 1. The summed E-state index contributed by atoms with van der Waals surface area (Å²) in [6.45, 7) is 0. The van der Waals surface area contributed by atoms with Crippen LogP contribution >= 0.6 is 0 Å². The second kappa shape index (κ2) is 3.13. The molecule has 1 aliphatic carbocycles. The molecule has 0 spiro atoms. The van der Waals surface area contributed by atoms with Crippen molar-refractivity contribution < 1.29 is 13.6 Å². The van der Waals surface area contributed by atoms with Crippen molar-refractivity contribution in [3.63, 3.8) is 0 Å². The van der Waals surface area contributed by atoms with Crippen molar-refractivity contribution in [2.45, 2.75) is 19.3 Å². The molecule has 1 rings (SSSR count). The lowest BCUT2D eigenvalue weighted by Gasteiger charge is -2.33. The van der Waals surface area contributed by atoms with Crippen molar-refractivity contribution in [2.24, 2.45) is 17.7 Å². The van der Waals surface area contributed by atoms with Gasteiger partial charge >= 0.3 is 0 Å². The average Bonchev–Trinajstić information content (AvgIpc) is 1.83. The summed E-state index contributed by atoms with van der Waals surface area (Å²) in [7, 11) is 0. The highest BCUT2D eigenvalue weighted by Crippen LogP contribution is 2.38. The summed E-state index contributed by atoms with van der Waals surface area (Å²) in [6.07, 6.45) is -1.45. The third-order valence-electron chi connectivity index (χ3n) is 2.13. The number of hydrogen-bond acceptors (Lipinski definition) is 2.